The van der Waals surface area contributed by atoms with E-state index in [1.54, 1.807) is 12.3 Å². The van der Waals surface area contributed by atoms with Gasteiger partial charge in [0.2, 0.25) is 0 Å². The van der Waals surface area contributed by atoms with Crippen LogP contribution >= 0.6 is 0 Å². The lowest BCUT2D eigenvalue weighted by Crippen LogP contribution is -2.31. The molecular weight excluding hydrogens is 264 g/mol. The second-order valence-corrected chi connectivity index (χ2v) is 4.94. The van der Waals surface area contributed by atoms with Crippen LogP contribution in [-0.2, 0) is 13.0 Å². The molecule has 1 aromatic carbocycles. The molecule has 0 aliphatic rings. The van der Waals surface area contributed by atoms with Crippen LogP contribution in [0.15, 0.2) is 48.7 Å². The number of nitrogens with zero attached hydrogens (tertiary/aromatic N) is 2. The summed E-state index contributed by atoms with van der Waals surface area (Å²) in [5, 5.41) is 0. The number of rotatable bonds is 6. The molecule has 0 radical (unpaired) electrons. The normalized spacial score (nSPS) is 10.6. The van der Waals surface area contributed by atoms with Gasteiger partial charge in [-0.1, -0.05) is 24.3 Å². The van der Waals surface area contributed by atoms with Crippen molar-refractivity contribution in [3.63, 3.8) is 0 Å². The molecule has 21 heavy (non-hydrogen) atoms. The first-order valence-electron chi connectivity index (χ1n) is 6.88. The Morgan fingerprint density at radius 1 is 1.24 bits per heavy atom. The van der Waals surface area contributed by atoms with Crippen molar-refractivity contribution in [3.8, 4) is 0 Å². The Balaban J connectivity index is 1.96. The monoisotopic (exact) mass is 284 g/mol. The molecule has 0 spiro atoms. The lowest BCUT2D eigenvalue weighted by atomic mass is 10.1. The van der Waals surface area contributed by atoms with Crippen molar-refractivity contribution in [2.75, 3.05) is 13.6 Å². The third-order valence-corrected chi connectivity index (χ3v) is 3.31. The predicted molar refractivity (Wildman–Crippen MR) is 82.4 cm³/mol. The maximum Gasteiger partial charge on any atom is 0.265 e. The van der Waals surface area contributed by atoms with Crippen molar-refractivity contribution < 1.29 is 4.79 Å². The second kappa shape index (κ2) is 7.52. The number of nitrogen functional groups attached to an aromatic ring is 1. The molecule has 0 saturated carbocycles. The van der Waals surface area contributed by atoms with Crippen LogP contribution in [0.25, 0.3) is 0 Å². The van der Waals surface area contributed by atoms with Gasteiger partial charge in [0, 0.05) is 37.0 Å². The average Bonchev–Trinajstić information content (AvgIpc) is 2.54. The first-order valence-corrected chi connectivity index (χ1v) is 6.88. The SMILES string of the molecule is CN(CCc1ccccn1)Cc1ccccc1C(=O)NN. The Kier molecular flexibility index (Phi) is 5.43. The molecule has 3 N–H and O–H groups in total. The second-order valence-electron chi connectivity index (χ2n) is 4.94. The van der Waals surface area contributed by atoms with Gasteiger partial charge in [0.1, 0.15) is 0 Å². The molecule has 0 fully saturated rings. The highest BCUT2D eigenvalue weighted by molar-refractivity contribution is 5.95. The van der Waals surface area contributed by atoms with E-state index in [0.717, 1.165) is 24.2 Å². The van der Waals surface area contributed by atoms with Gasteiger partial charge in [0.15, 0.2) is 0 Å². The van der Waals surface area contributed by atoms with Crippen LogP contribution in [0.4, 0.5) is 0 Å². The zero-order valence-electron chi connectivity index (χ0n) is 12.1. The summed E-state index contributed by atoms with van der Waals surface area (Å²) in [7, 11) is 2.03. The zero-order valence-corrected chi connectivity index (χ0v) is 12.1. The molecule has 5 nitrogen and oxygen atoms in total. The number of aromatic nitrogens is 1. The molecule has 0 unspecified atom stereocenters. The largest absolute Gasteiger partial charge is 0.302 e. The van der Waals surface area contributed by atoms with E-state index in [9.17, 15) is 4.79 Å². The van der Waals surface area contributed by atoms with Crippen LogP contribution in [0.3, 0.4) is 0 Å². The average molecular weight is 284 g/mol. The summed E-state index contributed by atoms with van der Waals surface area (Å²) in [6.07, 6.45) is 2.68. The first kappa shape index (κ1) is 15.2. The summed E-state index contributed by atoms with van der Waals surface area (Å²) >= 11 is 0. The minimum Gasteiger partial charge on any atom is -0.302 e. The van der Waals surface area contributed by atoms with Crippen molar-refractivity contribution in [2.45, 2.75) is 13.0 Å². The van der Waals surface area contributed by atoms with Crippen LogP contribution in [-0.4, -0.2) is 29.4 Å². The molecule has 0 bridgehead atoms. The number of benzene rings is 1. The number of carbonyl (C=O) groups is 1. The highest BCUT2D eigenvalue weighted by Crippen LogP contribution is 2.11. The fourth-order valence-corrected chi connectivity index (χ4v) is 2.18. The van der Waals surface area contributed by atoms with E-state index < -0.39 is 0 Å². The third-order valence-electron chi connectivity index (χ3n) is 3.31. The van der Waals surface area contributed by atoms with Gasteiger partial charge in [-0.2, -0.15) is 0 Å². The Morgan fingerprint density at radius 2 is 2.00 bits per heavy atom. The van der Waals surface area contributed by atoms with E-state index >= 15 is 0 Å². The van der Waals surface area contributed by atoms with E-state index in [0.29, 0.717) is 12.1 Å². The van der Waals surface area contributed by atoms with Crippen LogP contribution in [0.2, 0.25) is 0 Å². The number of pyridine rings is 1. The molecule has 110 valence electrons. The number of hydrazine groups is 1. The van der Waals surface area contributed by atoms with E-state index in [-0.39, 0.29) is 5.91 Å². The van der Waals surface area contributed by atoms with Crippen molar-refractivity contribution in [2.24, 2.45) is 5.84 Å². The molecule has 0 aliphatic carbocycles. The number of hydrogen-bond acceptors (Lipinski definition) is 4. The van der Waals surface area contributed by atoms with E-state index in [1.807, 2.05) is 43.4 Å². The maximum absolute atomic E-state index is 11.7. The summed E-state index contributed by atoms with van der Waals surface area (Å²) in [5.74, 6) is 4.96. The van der Waals surface area contributed by atoms with Crippen LogP contribution in [0.1, 0.15) is 21.6 Å². The van der Waals surface area contributed by atoms with Crippen LogP contribution < -0.4 is 11.3 Å². The Bertz CT molecular complexity index is 586. The number of nitrogens with two attached hydrogens (primary N) is 1. The number of carbonyl (C=O) groups excluding carboxylic acids is 1. The smallest absolute Gasteiger partial charge is 0.265 e. The standard InChI is InChI=1S/C16H20N4O/c1-20(11-9-14-7-4-5-10-18-14)12-13-6-2-3-8-15(13)16(21)19-17/h2-8,10H,9,11-12,17H2,1H3,(H,19,21). The predicted octanol–water partition coefficient (Wildman–Crippen LogP) is 1.36. The van der Waals surface area contributed by atoms with Gasteiger partial charge in [-0.05, 0) is 30.8 Å². The quantitative estimate of drug-likeness (QED) is 0.477. The van der Waals surface area contributed by atoms with Crippen molar-refractivity contribution in [1.82, 2.24) is 15.3 Å². The van der Waals surface area contributed by atoms with E-state index in [1.165, 1.54) is 0 Å². The molecule has 5 heteroatoms. The Labute approximate surface area is 124 Å². The molecule has 0 saturated heterocycles. The van der Waals surface area contributed by atoms with Crippen LogP contribution in [0.5, 0.6) is 0 Å². The number of amides is 1. The topological polar surface area (TPSA) is 71.2 Å². The molecule has 1 heterocycles. The van der Waals surface area contributed by atoms with Gasteiger partial charge >= 0.3 is 0 Å². The summed E-state index contributed by atoms with van der Waals surface area (Å²) in [6.45, 7) is 1.56. The molecule has 2 rings (SSSR count). The lowest BCUT2D eigenvalue weighted by Gasteiger charge is -2.18. The van der Waals surface area contributed by atoms with Gasteiger partial charge in [-0.3, -0.25) is 15.2 Å². The van der Waals surface area contributed by atoms with Crippen molar-refractivity contribution in [3.05, 3.63) is 65.5 Å². The fraction of sp³-hybridized carbons (Fsp3) is 0.250. The summed E-state index contributed by atoms with van der Waals surface area (Å²) in [5.41, 5.74) is 4.83. The zero-order chi connectivity index (χ0) is 15.1. The highest BCUT2D eigenvalue weighted by atomic mass is 16.2. The highest BCUT2D eigenvalue weighted by Gasteiger charge is 2.11. The molecule has 2 aromatic rings. The third kappa shape index (κ3) is 4.37. The minimum atomic E-state index is -0.260. The maximum atomic E-state index is 11.7. The Hall–Kier alpha value is -2.24. The fourth-order valence-electron chi connectivity index (χ4n) is 2.18. The van der Waals surface area contributed by atoms with Crippen molar-refractivity contribution >= 4 is 5.91 Å². The van der Waals surface area contributed by atoms with Gasteiger partial charge in [0.05, 0.1) is 0 Å². The lowest BCUT2D eigenvalue weighted by molar-refractivity contribution is 0.0952. The van der Waals surface area contributed by atoms with Crippen molar-refractivity contribution in [1.29, 1.82) is 0 Å². The minimum absolute atomic E-state index is 0.260. The first-order chi connectivity index (χ1) is 10.2. The number of nitrogens with one attached hydrogen (secondary N) is 1. The van der Waals surface area contributed by atoms with E-state index in [2.05, 4.69) is 15.3 Å². The van der Waals surface area contributed by atoms with Gasteiger partial charge in [-0.25, -0.2) is 5.84 Å². The number of hydrogen-bond donors (Lipinski definition) is 2. The van der Waals surface area contributed by atoms with E-state index in [4.69, 9.17) is 5.84 Å². The summed E-state index contributed by atoms with van der Waals surface area (Å²) in [6, 6.07) is 13.4. The van der Waals surface area contributed by atoms with Gasteiger partial charge < -0.3 is 4.90 Å². The molecular formula is C16H20N4O. The molecule has 0 aliphatic heterocycles. The molecule has 1 aromatic heterocycles. The number of likely N-dealkylation sites (N-methyl/N-ethyl adjacent to an activating group) is 1. The van der Waals surface area contributed by atoms with Crippen LogP contribution in [0, 0.1) is 0 Å². The van der Waals surface area contributed by atoms with Gasteiger partial charge in [0.25, 0.3) is 5.91 Å². The molecule has 1 amide bonds. The Morgan fingerprint density at radius 3 is 2.71 bits per heavy atom. The molecule has 0 atom stereocenters. The summed E-state index contributed by atoms with van der Waals surface area (Å²) < 4.78 is 0. The summed E-state index contributed by atoms with van der Waals surface area (Å²) in [4.78, 5) is 18.2. The van der Waals surface area contributed by atoms with Gasteiger partial charge in [-0.15, -0.1) is 0 Å².